The summed E-state index contributed by atoms with van der Waals surface area (Å²) in [5.41, 5.74) is 3.05. The Labute approximate surface area is 131 Å². The number of hydrogen-bond acceptors (Lipinski definition) is 2. The van der Waals surface area contributed by atoms with Gasteiger partial charge in [0.25, 0.3) is 0 Å². The van der Waals surface area contributed by atoms with Crippen molar-refractivity contribution in [3.05, 3.63) is 74.5 Å². The van der Waals surface area contributed by atoms with Crippen molar-refractivity contribution in [2.75, 3.05) is 0 Å². The average molecular weight is 320 g/mol. The Morgan fingerprint density at radius 2 is 1.60 bits per heavy atom. The molecule has 3 aromatic rings. The molecule has 1 nitrogen and oxygen atoms in total. The normalized spacial score (nSPS) is 10.7. The molecule has 0 fully saturated rings. The van der Waals surface area contributed by atoms with Crippen LogP contribution in [0.15, 0.2) is 53.9 Å². The van der Waals surface area contributed by atoms with Crippen LogP contribution in [-0.2, 0) is 6.42 Å². The quantitative estimate of drug-likeness (QED) is 0.602. The molecule has 0 saturated heterocycles. The van der Waals surface area contributed by atoms with Crippen LogP contribution in [0.4, 0.5) is 0 Å². The van der Waals surface area contributed by atoms with E-state index in [9.17, 15) is 0 Å². The van der Waals surface area contributed by atoms with Crippen LogP contribution in [0.1, 0.15) is 10.6 Å². The highest BCUT2D eigenvalue weighted by Crippen LogP contribution is 2.29. The van der Waals surface area contributed by atoms with E-state index in [2.05, 4.69) is 22.5 Å². The number of aromatic nitrogens is 1. The van der Waals surface area contributed by atoms with Gasteiger partial charge in [0, 0.05) is 27.4 Å². The molecule has 0 saturated carbocycles. The summed E-state index contributed by atoms with van der Waals surface area (Å²) in [6.45, 7) is 0. The second kappa shape index (κ2) is 5.96. The molecule has 0 radical (unpaired) electrons. The molecule has 2 aromatic carbocycles. The van der Waals surface area contributed by atoms with E-state index in [0.29, 0.717) is 16.5 Å². The van der Waals surface area contributed by atoms with Crippen LogP contribution in [0.25, 0.3) is 11.3 Å². The monoisotopic (exact) mass is 319 g/mol. The van der Waals surface area contributed by atoms with Gasteiger partial charge in [0.15, 0.2) is 0 Å². The van der Waals surface area contributed by atoms with Crippen LogP contribution >= 0.6 is 34.5 Å². The molecule has 0 aliphatic rings. The Morgan fingerprint density at radius 3 is 2.30 bits per heavy atom. The molecule has 0 N–H and O–H groups in total. The lowest BCUT2D eigenvalue weighted by Crippen LogP contribution is -1.90. The predicted octanol–water partition coefficient (Wildman–Crippen LogP) is 5.71. The van der Waals surface area contributed by atoms with Gasteiger partial charge >= 0.3 is 0 Å². The van der Waals surface area contributed by atoms with Crippen molar-refractivity contribution in [1.82, 2.24) is 4.98 Å². The Hall–Kier alpha value is -1.35. The van der Waals surface area contributed by atoms with E-state index in [0.717, 1.165) is 21.8 Å². The zero-order valence-corrected chi connectivity index (χ0v) is 12.8. The third kappa shape index (κ3) is 2.88. The summed E-state index contributed by atoms with van der Waals surface area (Å²) in [7, 11) is 0. The first-order chi connectivity index (χ1) is 9.74. The standard InChI is InChI=1S/C16H11Cl2NS/c17-13-7-4-8-14(18)12(13)9-16-19-15(10-20-16)11-5-2-1-3-6-11/h1-8,10H,9H2. The average Bonchev–Trinajstić information content (AvgIpc) is 2.93. The van der Waals surface area contributed by atoms with Gasteiger partial charge in [-0.05, 0) is 17.7 Å². The summed E-state index contributed by atoms with van der Waals surface area (Å²) in [5.74, 6) is 0. The van der Waals surface area contributed by atoms with Crippen molar-refractivity contribution in [2.24, 2.45) is 0 Å². The van der Waals surface area contributed by atoms with Crippen molar-refractivity contribution in [1.29, 1.82) is 0 Å². The summed E-state index contributed by atoms with van der Waals surface area (Å²) < 4.78 is 0. The fourth-order valence-electron chi connectivity index (χ4n) is 1.99. The lowest BCUT2D eigenvalue weighted by Gasteiger charge is -2.04. The van der Waals surface area contributed by atoms with Gasteiger partial charge in [-0.15, -0.1) is 11.3 Å². The third-order valence-corrected chi connectivity index (χ3v) is 4.57. The highest BCUT2D eigenvalue weighted by molar-refractivity contribution is 7.10. The highest BCUT2D eigenvalue weighted by Gasteiger charge is 2.10. The van der Waals surface area contributed by atoms with Gasteiger partial charge in [0.1, 0.15) is 0 Å². The lowest BCUT2D eigenvalue weighted by molar-refractivity contribution is 1.14. The fourth-order valence-corrected chi connectivity index (χ4v) is 3.33. The lowest BCUT2D eigenvalue weighted by atomic mass is 10.1. The molecule has 0 amide bonds. The van der Waals surface area contributed by atoms with Gasteiger partial charge in [-0.1, -0.05) is 59.6 Å². The van der Waals surface area contributed by atoms with Crippen molar-refractivity contribution >= 4 is 34.5 Å². The van der Waals surface area contributed by atoms with E-state index in [1.54, 1.807) is 11.3 Å². The summed E-state index contributed by atoms with van der Waals surface area (Å²) in [6, 6.07) is 15.7. The van der Waals surface area contributed by atoms with Gasteiger partial charge in [-0.2, -0.15) is 0 Å². The minimum atomic E-state index is 0.663. The van der Waals surface area contributed by atoms with Gasteiger partial charge in [-0.25, -0.2) is 4.98 Å². The van der Waals surface area contributed by atoms with Crippen LogP contribution in [0.5, 0.6) is 0 Å². The van der Waals surface area contributed by atoms with Crippen molar-refractivity contribution in [2.45, 2.75) is 6.42 Å². The van der Waals surface area contributed by atoms with Crippen molar-refractivity contribution < 1.29 is 0 Å². The van der Waals surface area contributed by atoms with Crippen LogP contribution in [0, 0.1) is 0 Å². The SMILES string of the molecule is Clc1cccc(Cl)c1Cc1nc(-c2ccccc2)cs1. The first kappa shape index (κ1) is 13.6. The zero-order chi connectivity index (χ0) is 13.9. The molecule has 0 spiro atoms. The molecule has 0 unspecified atom stereocenters. The first-order valence-corrected chi connectivity index (χ1v) is 7.80. The zero-order valence-electron chi connectivity index (χ0n) is 10.5. The molecule has 1 heterocycles. The van der Waals surface area contributed by atoms with Crippen LogP contribution in [0.2, 0.25) is 10.0 Å². The number of rotatable bonds is 3. The summed E-state index contributed by atoms with van der Waals surface area (Å²) in [4.78, 5) is 4.66. The molecule has 0 bridgehead atoms. The van der Waals surface area contributed by atoms with Crippen LogP contribution in [-0.4, -0.2) is 4.98 Å². The molecule has 4 heteroatoms. The Bertz CT molecular complexity index is 702. The van der Waals surface area contributed by atoms with Crippen LogP contribution in [0.3, 0.4) is 0 Å². The maximum absolute atomic E-state index is 6.20. The number of thiazole rings is 1. The van der Waals surface area contributed by atoms with E-state index in [-0.39, 0.29) is 0 Å². The largest absolute Gasteiger partial charge is 0.241 e. The molecule has 0 atom stereocenters. The number of halogens is 2. The van der Waals surface area contributed by atoms with E-state index < -0.39 is 0 Å². The minimum absolute atomic E-state index is 0.663. The molecular formula is C16H11Cl2NS. The second-order valence-corrected chi connectivity index (χ2v) is 6.13. The minimum Gasteiger partial charge on any atom is -0.241 e. The Morgan fingerprint density at radius 1 is 0.900 bits per heavy atom. The summed E-state index contributed by atoms with van der Waals surface area (Å²) >= 11 is 14.0. The molecule has 3 rings (SSSR count). The number of nitrogens with zero attached hydrogens (tertiary/aromatic N) is 1. The fraction of sp³-hybridized carbons (Fsp3) is 0.0625. The second-order valence-electron chi connectivity index (χ2n) is 4.37. The Kier molecular flexibility index (Phi) is 4.06. The topological polar surface area (TPSA) is 12.9 Å². The number of benzene rings is 2. The van der Waals surface area contributed by atoms with Crippen molar-refractivity contribution in [3.63, 3.8) is 0 Å². The van der Waals surface area contributed by atoms with Gasteiger partial charge in [0.05, 0.1) is 10.7 Å². The maximum Gasteiger partial charge on any atom is 0.0977 e. The molecule has 1 aromatic heterocycles. The van der Waals surface area contributed by atoms with E-state index >= 15 is 0 Å². The van der Waals surface area contributed by atoms with Gasteiger partial charge in [0.2, 0.25) is 0 Å². The molecule has 0 aliphatic heterocycles. The Balaban J connectivity index is 1.88. The van der Waals surface area contributed by atoms with E-state index in [1.807, 2.05) is 36.4 Å². The predicted molar refractivity (Wildman–Crippen MR) is 86.8 cm³/mol. The highest BCUT2D eigenvalue weighted by atomic mass is 35.5. The summed E-state index contributed by atoms with van der Waals surface area (Å²) in [6.07, 6.45) is 0.663. The molecule has 20 heavy (non-hydrogen) atoms. The van der Waals surface area contributed by atoms with Gasteiger partial charge < -0.3 is 0 Å². The molecule has 100 valence electrons. The molecular weight excluding hydrogens is 309 g/mol. The van der Waals surface area contributed by atoms with Crippen LogP contribution < -0.4 is 0 Å². The van der Waals surface area contributed by atoms with E-state index in [1.165, 1.54) is 0 Å². The maximum atomic E-state index is 6.20. The van der Waals surface area contributed by atoms with E-state index in [4.69, 9.17) is 23.2 Å². The summed E-state index contributed by atoms with van der Waals surface area (Å²) in [5, 5.41) is 4.46. The third-order valence-electron chi connectivity index (χ3n) is 3.01. The number of hydrogen-bond donors (Lipinski definition) is 0. The molecule has 0 aliphatic carbocycles. The first-order valence-electron chi connectivity index (χ1n) is 6.17. The smallest absolute Gasteiger partial charge is 0.0977 e. The van der Waals surface area contributed by atoms with Crippen molar-refractivity contribution in [3.8, 4) is 11.3 Å². The van der Waals surface area contributed by atoms with Gasteiger partial charge in [-0.3, -0.25) is 0 Å².